The van der Waals surface area contributed by atoms with Crippen molar-refractivity contribution in [1.82, 2.24) is 0 Å². The van der Waals surface area contributed by atoms with Gasteiger partial charge in [-0.25, -0.2) is 8.78 Å². The zero-order chi connectivity index (χ0) is 27.1. The van der Waals surface area contributed by atoms with Gasteiger partial charge in [0.05, 0.1) is 0 Å². The fourth-order valence-electron chi connectivity index (χ4n) is 4.62. The van der Waals surface area contributed by atoms with E-state index in [9.17, 15) is 8.78 Å². The van der Waals surface area contributed by atoms with Gasteiger partial charge < -0.3 is 0 Å². The lowest BCUT2D eigenvalue weighted by Gasteiger charge is -2.28. The Kier molecular flexibility index (Phi) is 20.2. The van der Waals surface area contributed by atoms with Crippen LogP contribution in [0.2, 0.25) is 0 Å². The molecule has 0 aliphatic heterocycles. The Bertz CT molecular complexity index is 396. The number of halogens is 2. The molecular weight excluding hydrogens is 422 g/mol. The largest absolute Gasteiger partial charge is 0.245 e. The summed E-state index contributed by atoms with van der Waals surface area (Å²) >= 11 is 0. The maximum atomic E-state index is 12.0. The van der Waals surface area contributed by atoms with E-state index in [2.05, 4.69) is 69.2 Å². The number of rotatable bonds is 5. The molecule has 0 nitrogen and oxygen atoms in total. The smallest absolute Gasteiger partial charge is 0.207 e. The van der Waals surface area contributed by atoms with Crippen molar-refractivity contribution in [3.05, 3.63) is 0 Å². The summed E-state index contributed by atoms with van der Waals surface area (Å²) in [7, 11) is 0. The summed E-state index contributed by atoms with van der Waals surface area (Å²) in [6.07, 6.45) is 11.8. The first-order chi connectivity index (χ1) is 15.5. The van der Waals surface area contributed by atoms with Crippen LogP contribution in [0, 0.1) is 53.3 Å². The number of alkyl halides is 2. The first-order valence-corrected chi connectivity index (χ1v) is 14.8. The summed E-state index contributed by atoms with van der Waals surface area (Å²) < 4.78 is 23.9. The van der Waals surface area contributed by atoms with Gasteiger partial charge in [0.15, 0.2) is 0 Å². The van der Waals surface area contributed by atoms with Crippen LogP contribution in [0.1, 0.15) is 148 Å². The van der Waals surface area contributed by atoms with E-state index in [1.54, 1.807) is 13.8 Å². The van der Waals surface area contributed by atoms with Crippen molar-refractivity contribution >= 4 is 0 Å². The molecule has 0 atom stereocenters. The number of hydrogen-bond donors (Lipinski definition) is 0. The van der Waals surface area contributed by atoms with Gasteiger partial charge >= 0.3 is 0 Å². The summed E-state index contributed by atoms with van der Waals surface area (Å²) in [6.45, 7) is 27.7. The van der Waals surface area contributed by atoms with E-state index in [0.717, 1.165) is 54.3 Å². The van der Waals surface area contributed by atoms with Gasteiger partial charge in [-0.2, -0.15) is 0 Å². The van der Waals surface area contributed by atoms with Crippen LogP contribution in [0.4, 0.5) is 8.78 Å². The van der Waals surface area contributed by atoms with E-state index in [1.807, 2.05) is 0 Å². The van der Waals surface area contributed by atoms with E-state index >= 15 is 0 Å². The van der Waals surface area contributed by atoms with Gasteiger partial charge in [0.1, 0.15) is 0 Å². The zero-order valence-corrected chi connectivity index (χ0v) is 25.8. The highest BCUT2D eigenvalue weighted by Gasteiger charge is 2.22. The van der Waals surface area contributed by atoms with E-state index in [0.29, 0.717) is 0 Å². The summed E-state index contributed by atoms with van der Waals surface area (Å²) in [5.41, 5.74) is 0. The predicted molar refractivity (Wildman–Crippen MR) is 152 cm³/mol. The van der Waals surface area contributed by atoms with E-state index < -0.39 is 5.92 Å². The van der Waals surface area contributed by atoms with E-state index in [4.69, 9.17) is 0 Å². The van der Waals surface area contributed by atoms with Crippen LogP contribution in [0.3, 0.4) is 0 Å². The van der Waals surface area contributed by atoms with Crippen LogP contribution in [0.25, 0.3) is 0 Å². The highest BCUT2D eigenvalue weighted by molar-refractivity contribution is 4.72. The molecule has 2 fully saturated rings. The highest BCUT2D eigenvalue weighted by atomic mass is 19.3. The monoisotopic (exact) mass is 489 g/mol. The lowest BCUT2D eigenvalue weighted by molar-refractivity contribution is 0.000976. The average Bonchev–Trinajstić information content (AvgIpc) is 2.68. The molecule has 0 saturated heterocycles. The molecule has 2 rings (SSSR count). The third kappa shape index (κ3) is 22.3. The Morgan fingerprint density at radius 3 is 0.941 bits per heavy atom. The third-order valence-electron chi connectivity index (χ3n) is 8.11. The van der Waals surface area contributed by atoms with Crippen LogP contribution >= 0.6 is 0 Å². The third-order valence-corrected chi connectivity index (χ3v) is 8.11. The Morgan fingerprint density at radius 1 is 0.559 bits per heavy atom. The Labute approximate surface area is 215 Å². The maximum absolute atomic E-state index is 12.0. The van der Waals surface area contributed by atoms with Crippen molar-refractivity contribution in [3.63, 3.8) is 0 Å². The topological polar surface area (TPSA) is 0 Å². The highest BCUT2D eigenvalue weighted by Crippen LogP contribution is 2.33. The van der Waals surface area contributed by atoms with Crippen molar-refractivity contribution in [2.75, 3.05) is 0 Å². The molecule has 208 valence electrons. The van der Waals surface area contributed by atoms with Crippen LogP contribution in [-0.4, -0.2) is 5.92 Å². The second-order valence-electron chi connectivity index (χ2n) is 13.7. The molecule has 0 N–H and O–H groups in total. The minimum Gasteiger partial charge on any atom is -0.207 e. The predicted octanol–water partition coefficient (Wildman–Crippen LogP) is 11.9. The Balaban J connectivity index is 0. The van der Waals surface area contributed by atoms with Gasteiger partial charge in [0.25, 0.3) is 0 Å². The quantitative estimate of drug-likeness (QED) is 0.361. The fraction of sp³-hybridized carbons (Fsp3) is 1.00. The summed E-state index contributed by atoms with van der Waals surface area (Å²) in [5.74, 6) is 5.26. The second kappa shape index (κ2) is 19.0. The maximum Gasteiger partial charge on any atom is 0.245 e. The Hall–Kier alpha value is -0.140. The SMILES string of the molecule is CC(C)C(C)C.CC(C)CC(C)(F)F.CC1CCC(C(C)C)CC1.CC1CCC(C(C)C)CC1. The molecule has 0 amide bonds. The van der Waals surface area contributed by atoms with E-state index in [1.165, 1.54) is 51.4 Å². The Morgan fingerprint density at radius 2 is 0.824 bits per heavy atom. The first-order valence-electron chi connectivity index (χ1n) is 14.8. The molecular formula is C32H66F2. The molecule has 0 heterocycles. The summed E-state index contributed by atoms with van der Waals surface area (Å²) in [5, 5.41) is 0. The van der Waals surface area contributed by atoms with Crippen molar-refractivity contribution in [3.8, 4) is 0 Å². The molecule has 0 aromatic heterocycles. The minimum absolute atomic E-state index is 0.00694. The first kappa shape index (κ1) is 36.0. The van der Waals surface area contributed by atoms with Gasteiger partial charge in [0, 0.05) is 6.42 Å². The molecule has 0 radical (unpaired) electrons. The van der Waals surface area contributed by atoms with Crippen molar-refractivity contribution in [2.24, 2.45) is 53.3 Å². The molecule has 2 aliphatic carbocycles. The average molecular weight is 489 g/mol. The number of hydrogen-bond acceptors (Lipinski definition) is 0. The van der Waals surface area contributed by atoms with E-state index in [-0.39, 0.29) is 12.3 Å². The van der Waals surface area contributed by atoms with Crippen molar-refractivity contribution < 1.29 is 8.78 Å². The molecule has 0 bridgehead atoms. The summed E-state index contributed by atoms with van der Waals surface area (Å²) in [6, 6.07) is 0. The fourth-order valence-corrected chi connectivity index (χ4v) is 4.62. The van der Waals surface area contributed by atoms with Gasteiger partial charge in [0.2, 0.25) is 5.92 Å². The molecule has 0 aromatic rings. The van der Waals surface area contributed by atoms with Gasteiger partial charge in [-0.1, -0.05) is 109 Å². The standard InChI is InChI=1S/2C10H20.C6H12F2.C6H14/c2*1-8(2)10-6-4-9(3)5-7-10;1-5(2)4-6(3,7)8;1-5(2)6(3)4/h2*8-10H,4-7H2,1-3H3;5H,4H2,1-3H3;5-6H,1-4H3. The van der Waals surface area contributed by atoms with Crippen molar-refractivity contribution in [2.45, 2.75) is 154 Å². The normalized spacial score (nSPS) is 25.4. The lowest BCUT2D eigenvalue weighted by atomic mass is 9.78. The molecule has 0 unspecified atom stereocenters. The van der Waals surface area contributed by atoms with Crippen LogP contribution in [-0.2, 0) is 0 Å². The van der Waals surface area contributed by atoms with Gasteiger partial charge in [-0.3, -0.25) is 0 Å². The molecule has 2 heteroatoms. The zero-order valence-electron chi connectivity index (χ0n) is 25.8. The van der Waals surface area contributed by atoms with Crippen LogP contribution in [0.15, 0.2) is 0 Å². The minimum atomic E-state index is -2.48. The van der Waals surface area contributed by atoms with Gasteiger partial charge in [-0.05, 0) is 85.9 Å². The molecule has 2 aliphatic rings. The second-order valence-corrected chi connectivity index (χ2v) is 13.7. The van der Waals surface area contributed by atoms with Gasteiger partial charge in [-0.15, -0.1) is 0 Å². The van der Waals surface area contributed by atoms with Crippen LogP contribution < -0.4 is 0 Å². The molecule has 0 spiro atoms. The van der Waals surface area contributed by atoms with Crippen molar-refractivity contribution in [1.29, 1.82) is 0 Å². The molecule has 0 aromatic carbocycles. The summed E-state index contributed by atoms with van der Waals surface area (Å²) in [4.78, 5) is 0. The lowest BCUT2D eigenvalue weighted by Crippen LogP contribution is -2.16. The molecule has 34 heavy (non-hydrogen) atoms. The van der Waals surface area contributed by atoms with Crippen LogP contribution in [0.5, 0.6) is 0 Å². The molecule has 2 saturated carbocycles.